The maximum atomic E-state index is 12.8. The van der Waals surface area contributed by atoms with Crippen molar-refractivity contribution in [1.29, 1.82) is 0 Å². The van der Waals surface area contributed by atoms with E-state index in [1.807, 2.05) is 0 Å². The summed E-state index contributed by atoms with van der Waals surface area (Å²) in [6, 6.07) is -5.43. The van der Waals surface area contributed by atoms with E-state index < -0.39 is 72.6 Å². The number of nitrogens with one attached hydrogen (secondary N) is 2. The van der Waals surface area contributed by atoms with Gasteiger partial charge in [-0.1, -0.05) is 20.3 Å². The maximum absolute atomic E-state index is 12.8. The molecule has 0 aromatic rings. The van der Waals surface area contributed by atoms with Crippen LogP contribution < -0.4 is 16.4 Å². The van der Waals surface area contributed by atoms with Gasteiger partial charge >= 0.3 is 17.9 Å². The fourth-order valence-electron chi connectivity index (χ4n) is 3.30. The number of amides is 3. The second-order valence-corrected chi connectivity index (χ2v) is 7.76. The van der Waals surface area contributed by atoms with E-state index in [4.69, 9.17) is 15.9 Å². The van der Waals surface area contributed by atoms with Crippen molar-refractivity contribution in [2.45, 2.75) is 70.1 Å². The van der Waals surface area contributed by atoms with Crippen molar-refractivity contribution in [2.75, 3.05) is 6.54 Å². The molecule has 1 saturated heterocycles. The SMILES string of the molecule is CCC(C)C(N)C(=O)NC(CC(=O)O)C(=O)NC(CC(=O)O)C(=O)N1CCCC1C(=O)O. The minimum Gasteiger partial charge on any atom is -0.481 e. The zero-order valence-corrected chi connectivity index (χ0v) is 17.9. The van der Waals surface area contributed by atoms with Crippen LogP contribution in [0.2, 0.25) is 0 Å². The van der Waals surface area contributed by atoms with E-state index in [9.17, 15) is 33.9 Å². The van der Waals surface area contributed by atoms with E-state index in [1.54, 1.807) is 13.8 Å². The van der Waals surface area contributed by atoms with Crippen LogP contribution in [0.5, 0.6) is 0 Å². The number of rotatable bonds is 12. The van der Waals surface area contributed by atoms with E-state index in [2.05, 4.69) is 10.6 Å². The highest BCUT2D eigenvalue weighted by molar-refractivity contribution is 5.97. The van der Waals surface area contributed by atoms with E-state index >= 15 is 0 Å². The van der Waals surface area contributed by atoms with E-state index in [1.165, 1.54) is 0 Å². The lowest BCUT2D eigenvalue weighted by molar-refractivity contribution is -0.151. The van der Waals surface area contributed by atoms with Crippen molar-refractivity contribution in [3.05, 3.63) is 0 Å². The molecule has 32 heavy (non-hydrogen) atoms. The zero-order chi connectivity index (χ0) is 24.6. The van der Waals surface area contributed by atoms with Crippen LogP contribution in [-0.4, -0.2) is 86.6 Å². The van der Waals surface area contributed by atoms with Crippen LogP contribution in [0.25, 0.3) is 0 Å². The highest BCUT2D eigenvalue weighted by Crippen LogP contribution is 2.19. The molecule has 180 valence electrons. The van der Waals surface area contributed by atoms with Crippen molar-refractivity contribution >= 4 is 35.6 Å². The smallest absolute Gasteiger partial charge is 0.326 e. The first-order valence-electron chi connectivity index (χ1n) is 10.2. The van der Waals surface area contributed by atoms with Crippen molar-refractivity contribution in [2.24, 2.45) is 11.7 Å². The third-order valence-electron chi connectivity index (χ3n) is 5.39. The first-order valence-corrected chi connectivity index (χ1v) is 10.2. The quantitative estimate of drug-likeness (QED) is 0.196. The van der Waals surface area contributed by atoms with Gasteiger partial charge in [0.15, 0.2) is 0 Å². The van der Waals surface area contributed by atoms with Gasteiger partial charge in [0.05, 0.1) is 18.9 Å². The average molecular weight is 458 g/mol. The lowest BCUT2D eigenvalue weighted by atomic mass is 9.99. The standard InChI is InChI=1S/C19H30N4O9/c1-3-9(2)15(20)17(29)21-10(7-13(24)25)16(28)22-11(8-14(26)27)18(30)23-6-4-5-12(23)19(31)32/h9-12,15H,3-8,20H2,1-2H3,(H,21,29)(H,22,28)(H,24,25)(H,26,27)(H,31,32). The monoisotopic (exact) mass is 458 g/mol. The third-order valence-corrected chi connectivity index (χ3v) is 5.39. The molecule has 0 saturated carbocycles. The molecule has 0 aromatic carbocycles. The number of nitrogens with zero attached hydrogens (tertiary/aromatic N) is 1. The Morgan fingerprint density at radius 2 is 1.50 bits per heavy atom. The van der Waals surface area contributed by atoms with Gasteiger partial charge < -0.3 is 36.6 Å². The molecule has 5 atom stereocenters. The van der Waals surface area contributed by atoms with Crippen molar-refractivity contribution < 1.29 is 44.1 Å². The van der Waals surface area contributed by atoms with Crippen LogP contribution in [0, 0.1) is 5.92 Å². The average Bonchev–Trinajstić information content (AvgIpc) is 3.20. The molecule has 0 bridgehead atoms. The molecule has 1 rings (SSSR count). The number of nitrogens with two attached hydrogens (primary N) is 1. The summed E-state index contributed by atoms with van der Waals surface area (Å²) in [4.78, 5) is 72.5. The molecule has 0 aromatic heterocycles. The molecule has 0 radical (unpaired) electrons. The topological polar surface area (TPSA) is 216 Å². The summed E-state index contributed by atoms with van der Waals surface area (Å²) in [7, 11) is 0. The van der Waals surface area contributed by atoms with E-state index in [0.717, 1.165) is 4.90 Å². The highest BCUT2D eigenvalue weighted by Gasteiger charge is 2.39. The summed E-state index contributed by atoms with van der Waals surface area (Å²) < 4.78 is 0. The van der Waals surface area contributed by atoms with Crippen molar-refractivity contribution in [3.63, 3.8) is 0 Å². The van der Waals surface area contributed by atoms with Crippen LogP contribution in [-0.2, 0) is 28.8 Å². The summed E-state index contributed by atoms with van der Waals surface area (Å²) in [5.41, 5.74) is 5.81. The lowest BCUT2D eigenvalue weighted by Gasteiger charge is -2.28. The van der Waals surface area contributed by atoms with Gasteiger partial charge in [0.1, 0.15) is 18.1 Å². The normalized spacial score (nSPS) is 19.3. The summed E-state index contributed by atoms with van der Waals surface area (Å²) in [6.45, 7) is 3.57. The molecular weight excluding hydrogens is 428 g/mol. The van der Waals surface area contributed by atoms with Crippen LogP contribution in [0.1, 0.15) is 46.0 Å². The van der Waals surface area contributed by atoms with Crippen molar-refractivity contribution in [3.8, 4) is 0 Å². The van der Waals surface area contributed by atoms with Gasteiger partial charge in [-0.05, 0) is 18.8 Å². The van der Waals surface area contributed by atoms with Gasteiger partial charge in [-0.15, -0.1) is 0 Å². The molecular formula is C19H30N4O9. The van der Waals surface area contributed by atoms with E-state index in [0.29, 0.717) is 12.8 Å². The fourth-order valence-corrected chi connectivity index (χ4v) is 3.30. The largest absolute Gasteiger partial charge is 0.481 e. The molecule has 3 amide bonds. The van der Waals surface area contributed by atoms with Crippen molar-refractivity contribution in [1.82, 2.24) is 15.5 Å². The molecule has 0 spiro atoms. The molecule has 13 heteroatoms. The Kier molecular flexibility index (Phi) is 10.0. The van der Waals surface area contributed by atoms with Crippen LogP contribution in [0.3, 0.4) is 0 Å². The first kappa shape index (κ1) is 26.8. The molecule has 1 aliphatic heterocycles. The maximum Gasteiger partial charge on any atom is 0.326 e. The van der Waals surface area contributed by atoms with Gasteiger partial charge in [-0.2, -0.15) is 0 Å². The number of carbonyl (C=O) groups is 6. The van der Waals surface area contributed by atoms with Gasteiger partial charge in [0.25, 0.3) is 0 Å². The number of carbonyl (C=O) groups excluding carboxylic acids is 3. The Hall–Kier alpha value is -3.22. The predicted octanol–water partition coefficient (Wildman–Crippen LogP) is -1.65. The number of aliphatic carboxylic acids is 3. The summed E-state index contributed by atoms with van der Waals surface area (Å²) in [6.07, 6.45) is -0.560. The Balaban J connectivity index is 3.03. The molecule has 0 aliphatic carbocycles. The molecule has 1 heterocycles. The minimum atomic E-state index is -1.64. The number of hydrogen-bond acceptors (Lipinski definition) is 7. The summed E-state index contributed by atoms with van der Waals surface area (Å²) >= 11 is 0. The Morgan fingerprint density at radius 1 is 0.969 bits per heavy atom. The third kappa shape index (κ3) is 7.48. The van der Waals surface area contributed by atoms with Gasteiger partial charge in [-0.3, -0.25) is 24.0 Å². The van der Waals surface area contributed by atoms with Crippen LogP contribution in [0.15, 0.2) is 0 Å². The lowest BCUT2D eigenvalue weighted by Crippen LogP contribution is -2.58. The van der Waals surface area contributed by atoms with Gasteiger partial charge in [0.2, 0.25) is 17.7 Å². The summed E-state index contributed by atoms with van der Waals surface area (Å²) in [5, 5.41) is 31.9. The molecule has 1 fully saturated rings. The Morgan fingerprint density at radius 3 is 2.00 bits per heavy atom. The highest BCUT2D eigenvalue weighted by atomic mass is 16.4. The fraction of sp³-hybridized carbons (Fsp3) is 0.684. The second-order valence-electron chi connectivity index (χ2n) is 7.76. The molecule has 7 N–H and O–H groups in total. The predicted molar refractivity (Wildman–Crippen MR) is 108 cm³/mol. The van der Waals surface area contributed by atoms with Gasteiger partial charge in [0, 0.05) is 6.54 Å². The number of hydrogen-bond donors (Lipinski definition) is 6. The van der Waals surface area contributed by atoms with Crippen LogP contribution >= 0.6 is 0 Å². The Bertz CT molecular complexity index is 757. The number of carboxylic acid groups (broad SMARTS) is 3. The number of carboxylic acids is 3. The number of likely N-dealkylation sites (tertiary alicyclic amines) is 1. The zero-order valence-electron chi connectivity index (χ0n) is 17.9. The Labute approximate surface area is 184 Å². The minimum absolute atomic E-state index is 0.0703. The second kappa shape index (κ2) is 12.0. The van der Waals surface area contributed by atoms with Crippen LogP contribution in [0.4, 0.5) is 0 Å². The molecule has 1 aliphatic rings. The summed E-state index contributed by atoms with van der Waals surface area (Å²) in [5.74, 6) is -7.15. The van der Waals surface area contributed by atoms with Gasteiger partial charge in [-0.25, -0.2) is 4.79 Å². The molecule has 5 unspecified atom stereocenters. The first-order chi connectivity index (χ1) is 14.9. The van der Waals surface area contributed by atoms with E-state index in [-0.39, 0.29) is 18.9 Å². The molecule has 13 nitrogen and oxygen atoms in total.